The van der Waals surface area contributed by atoms with Crippen LogP contribution >= 0.6 is 11.3 Å². The van der Waals surface area contributed by atoms with Gasteiger partial charge < -0.3 is 14.2 Å². The van der Waals surface area contributed by atoms with Gasteiger partial charge >= 0.3 is 0 Å². The second kappa shape index (κ2) is 11.8. The molecule has 1 aliphatic heterocycles. The zero-order chi connectivity index (χ0) is 31.1. The van der Waals surface area contributed by atoms with Crippen molar-refractivity contribution in [2.75, 3.05) is 20.2 Å². The Morgan fingerprint density at radius 3 is 2.41 bits per heavy atom. The number of hydrogen-bond acceptors (Lipinski definition) is 5. The molecule has 1 amide bonds. The summed E-state index contributed by atoms with van der Waals surface area (Å²) in [5.74, 6) is 0.492. The molecule has 0 bridgehead atoms. The van der Waals surface area contributed by atoms with Gasteiger partial charge in [-0.25, -0.2) is 4.99 Å². The Balaban J connectivity index is 1.63. The number of amides is 1. The summed E-state index contributed by atoms with van der Waals surface area (Å²) < 4.78 is 10.4. The number of carbonyl (C=O) groups is 1. The fourth-order valence-electron chi connectivity index (χ4n) is 6.33. The molecular weight excluding hydrogens is 568 g/mol. The fourth-order valence-corrected chi connectivity index (χ4v) is 7.37. The van der Waals surface area contributed by atoms with Crippen molar-refractivity contribution in [1.29, 1.82) is 0 Å². The summed E-state index contributed by atoms with van der Waals surface area (Å²) in [5.41, 5.74) is 5.85. The Morgan fingerprint density at radius 2 is 1.70 bits per heavy atom. The lowest BCUT2D eigenvalue weighted by Gasteiger charge is -2.30. The third kappa shape index (κ3) is 4.79. The fraction of sp³-hybridized carbons (Fsp3) is 0.250. The van der Waals surface area contributed by atoms with Crippen molar-refractivity contribution in [3.8, 4) is 11.4 Å². The van der Waals surface area contributed by atoms with Crippen molar-refractivity contribution < 1.29 is 9.53 Å². The number of carbonyl (C=O) groups excluding carboxylic acids is 1. The molecule has 6 rings (SSSR count). The maximum atomic E-state index is 14.5. The molecule has 1 atom stereocenters. The van der Waals surface area contributed by atoms with Crippen molar-refractivity contribution in [2.24, 2.45) is 4.99 Å². The molecule has 7 nitrogen and oxygen atoms in total. The summed E-state index contributed by atoms with van der Waals surface area (Å²) in [4.78, 5) is 35.9. The largest absolute Gasteiger partial charge is 0.496 e. The molecule has 2 aromatic heterocycles. The summed E-state index contributed by atoms with van der Waals surface area (Å²) >= 11 is 1.35. The second-order valence-electron chi connectivity index (χ2n) is 11.0. The van der Waals surface area contributed by atoms with E-state index in [1.807, 2.05) is 81.4 Å². The Kier molecular flexibility index (Phi) is 7.86. The molecule has 0 saturated carbocycles. The van der Waals surface area contributed by atoms with Gasteiger partial charge in [0.2, 0.25) is 0 Å². The minimum Gasteiger partial charge on any atom is -0.496 e. The number of methoxy groups -OCH3 is 1. The van der Waals surface area contributed by atoms with Gasteiger partial charge in [0.1, 0.15) is 11.8 Å². The number of ether oxygens (including phenoxy) is 1. The van der Waals surface area contributed by atoms with E-state index in [2.05, 4.69) is 36.6 Å². The molecule has 3 heterocycles. The molecular formula is C36H36N4O3S. The number of benzene rings is 3. The molecule has 0 fully saturated rings. The minimum atomic E-state index is -0.709. The molecule has 3 aromatic carbocycles. The lowest BCUT2D eigenvalue weighted by Crippen LogP contribution is -2.43. The lowest BCUT2D eigenvalue weighted by molar-refractivity contribution is -0.127. The number of hydrogen-bond donors (Lipinski definition) is 0. The number of thiazole rings is 1. The lowest BCUT2D eigenvalue weighted by atomic mass is 9.90. The molecule has 0 saturated heterocycles. The van der Waals surface area contributed by atoms with Crippen molar-refractivity contribution in [2.45, 2.75) is 40.7 Å². The number of aromatic nitrogens is 2. The van der Waals surface area contributed by atoms with Gasteiger partial charge in [0.05, 0.1) is 22.9 Å². The van der Waals surface area contributed by atoms with Crippen LogP contribution in [0.1, 0.15) is 49.3 Å². The Labute approximate surface area is 260 Å². The molecule has 1 aliphatic rings. The highest BCUT2D eigenvalue weighted by molar-refractivity contribution is 7.07. The zero-order valence-electron chi connectivity index (χ0n) is 25.9. The van der Waals surface area contributed by atoms with Crippen LogP contribution in [-0.2, 0) is 4.79 Å². The third-order valence-electron chi connectivity index (χ3n) is 8.50. The average Bonchev–Trinajstić information content (AvgIpc) is 3.49. The van der Waals surface area contributed by atoms with Crippen LogP contribution in [-0.4, -0.2) is 40.1 Å². The number of likely N-dealkylation sites (N-methyl/N-ethyl adjacent to an activating group) is 1. The molecule has 224 valence electrons. The van der Waals surface area contributed by atoms with Crippen molar-refractivity contribution in [3.63, 3.8) is 0 Å². The highest BCUT2D eigenvalue weighted by Gasteiger charge is 2.36. The molecule has 5 aromatic rings. The number of para-hydroxylation sites is 1. The zero-order valence-corrected chi connectivity index (χ0v) is 26.7. The summed E-state index contributed by atoms with van der Waals surface area (Å²) in [6.45, 7) is 11.0. The number of aryl methyl sites for hydroxylation is 1. The summed E-state index contributed by atoms with van der Waals surface area (Å²) in [5, 5.41) is 1.93. The van der Waals surface area contributed by atoms with Gasteiger partial charge in [-0.2, -0.15) is 0 Å². The van der Waals surface area contributed by atoms with Gasteiger partial charge in [0.25, 0.3) is 11.5 Å². The van der Waals surface area contributed by atoms with E-state index in [4.69, 9.17) is 9.73 Å². The first-order valence-electron chi connectivity index (χ1n) is 14.9. The van der Waals surface area contributed by atoms with Crippen LogP contribution in [0.2, 0.25) is 0 Å². The molecule has 0 unspecified atom stereocenters. The highest BCUT2D eigenvalue weighted by Crippen LogP contribution is 2.40. The molecule has 44 heavy (non-hydrogen) atoms. The predicted octanol–water partition coefficient (Wildman–Crippen LogP) is 5.67. The van der Waals surface area contributed by atoms with Gasteiger partial charge in [-0.15, -0.1) is 0 Å². The minimum absolute atomic E-state index is 0.128. The summed E-state index contributed by atoms with van der Waals surface area (Å²) in [6, 6.07) is 23.5. The van der Waals surface area contributed by atoms with Crippen LogP contribution in [0.4, 0.5) is 0 Å². The number of allylic oxidation sites excluding steroid dienone is 1. The second-order valence-corrected chi connectivity index (χ2v) is 12.0. The third-order valence-corrected chi connectivity index (χ3v) is 9.48. The molecule has 0 spiro atoms. The van der Waals surface area contributed by atoms with Crippen LogP contribution in [0.5, 0.6) is 5.75 Å². The van der Waals surface area contributed by atoms with Gasteiger partial charge in [0.15, 0.2) is 4.80 Å². The van der Waals surface area contributed by atoms with Gasteiger partial charge in [-0.3, -0.25) is 14.2 Å². The SMILES string of the molecule is CCN(CC)C(=O)C1=C(C)N=c2s/c(=C/c3cc(C)n(-c4ccccc4)c3C)c(=O)n2[C@@H]1c1c(OC)ccc2ccccc12. The Bertz CT molecular complexity index is 2110. The van der Waals surface area contributed by atoms with Gasteiger partial charge in [0, 0.05) is 35.7 Å². The number of rotatable bonds is 7. The standard InChI is InChI=1S/C36H36N4O3S/c1-7-38(8-2)35(42)31-23(4)37-36-40(33(31)32-28-17-13-12-14-25(28)18-19-29(32)43-6)34(41)30(44-36)21-26-20-22(3)39(24(26)5)27-15-10-9-11-16-27/h9-21,33H,7-8H2,1-6H3/b30-21+/t33-/m0/s1. The smallest absolute Gasteiger partial charge is 0.271 e. The monoisotopic (exact) mass is 604 g/mol. The Morgan fingerprint density at radius 1 is 1.00 bits per heavy atom. The number of fused-ring (bicyclic) bond motifs is 2. The van der Waals surface area contributed by atoms with E-state index < -0.39 is 6.04 Å². The van der Waals surface area contributed by atoms with E-state index in [1.54, 1.807) is 16.6 Å². The van der Waals surface area contributed by atoms with Crippen molar-refractivity contribution in [1.82, 2.24) is 14.0 Å². The average molecular weight is 605 g/mol. The summed E-state index contributed by atoms with van der Waals surface area (Å²) in [6.07, 6.45) is 1.95. The molecule has 0 radical (unpaired) electrons. The molecule has 8 heteroatoms. The van der Waals surface area contributed by atoms with Crippen LogP contribution in [0.25, 0.3) is 22.5 Å². The van der Waals surface area contributed by atoms with Crippen molar-refractivity contribution >= 4 is 34.1 Å². The first-order valence-corrected chi connectivity index (χ1v) is 15.7. The quantitative estimate of drug-likeness (QED) is 0.240. The van der Waals surface area contributed by atoms with Gasteiger partial charge in [-0.05, 0) is 81.3 Å². The van der Waals surface area contributed by atoms with Crippen LogP contribution in [0.15, 0.2) is 93.9 Å². The maximum Gasteiger partial charge on any atom is 0.271 e. The first-order chi connectivity index (χ1) is 21.3. The van der Waals surface area contributed by atoms with Crippen LogP contribution in [0.3, 0.4) is 0 Å². The van der Waals surface area contributed by atoms with Gasteiger partial charge in [-0.1, -0.05) is 59.9 Å². The number of nitrogens with zero attached hydrogens (tertiary/aromatic N) is 4. The van der Waals surface area contributed by atoms with E-state index >= 15 is 0 Å². The van der Waals surface area contributed by atoms with E-state index in [1.165, 1.54) is 11.3 Å². The maximum absolute atomic E-state index is 14.5. The topological polar surface area (TPSA) is 68.8 Å². The van der Waals surface area contributed by atoms with E-state index in [0.29, 0.717) is 39.4 Å². The highest BCUT2D eigenvalue weighted by atomic mass is 32.1. The summed E-state index contributed by atoms with van der Waals surface area (Å²) in [7, 11) is 1.63. The van der Waals surface area contributed by atoms with Crippen LogP contribution in [0, 0.1) is 13.8 Å². The van der Waals surface area contributed by atoms with E-state index in [0.717, 1.165) is 39.0 Å². The molecule has 0 N–H and O–H groups in total. The Hall–Kier alpha value is -4.69. The first kappa shape index (κ1) is 29.4. The van der Waals surface area contributed by atoms with Crippen molar-refractivity contribution in [3.05, 3.63) is 126 Å². The van der Waals surface area contributed by atoms with E-state index in [9.17, 15) is 9.59 Å². The normalized spacial score (nSPS) is 15.0. The van der Waals surface area contributed by atoms with Crippen LogP contribution < -0.4 is 19.6 Å². The van der Waals surface area contributed by atoms with E-state index in [-0.39, 0.29) is 11.5 Å². The molecule has 0 aliphatic carbocycles. The predicted molar refractivity (Wildman–Crippen MR) is 177 cm³/mol.